The molecule has 4 aromatic rings. The number of carbonyl (C=O) groups is 1. The Balaban J connectivity index is 1.42. The summed E-state index contributed by atoms with van der Waals surface area (Å²) < 4.78 is 13.3. The van der Waals surface area contributed by atoms with E-state index in [9.17, 15) is 9.59 Å². The number of carbonyl (C=O) groups excluding carboxylic acids is 1. The molecule has 9 nitrogen and oxygen atoms in total. The molecule has 1 saturated heterocycles. The molecule has 0 aliphatic carbocycles. The van der Waals surface area contributed by atoms with Gasteiger partial charge >= 0.3 is 0 Å². The SMILES string of the molecule is CCOc1cc2ncnc(N3CCC(n4cnc5ccc(C(C)=O)cc5c4=O)CC3)c2cc1OCC. The third-order valence-electron chi connectivity index (χ3n) is 6.63. The van der Waals surface area contributed by atoms with Gasteiger partial charge in [0.05, 0.1) is 36.0 Å². The van der Waals surface area contributed by atoms with Gasteiger partial charge in [-0.1, -0.05) is 0 Å². The standard InChI is InChI=1S/C27H29N5O4/c1-4-35-24-13-20-23(14-25(24)36-5-2)28-15-29-26(20)31-10-8-19(9-11-31)32-16-30-22-7-6-18(17(3)33)12-21(22)27(32)34/h6-7,12-16,19H,4-5,8-11H2,1-3H3. The second kappa shape index (κ2) is 9.93. The first-order chi connectivity index (χ1) is 17.5. The van der Waals surface area contributed by atoms with Crippen LogP contribution in [0.25, 0.3) is 21.8 Å². The van der Waals surface area contributed by atoms with E-state index in [2.05, 4.69) is 19.9 Å². The summed E-state index contributed by atoms with van der Waals surface area (Å²) in [5, 5.41) is 1.38. The van der Waals surface area contributed by atoms with Crippen LogP contribution >= 0.6 is 0 Å². The van der Waals surface area contributed by atoms with Crippen LogP contribution in [0, 0.1) is 0 Å². The second-order valence-electron chi connectivity index (χ2n) is 8.84. The number of piperidine rings is 1. The molecule has 186 valence electrons. The lowest BCUT2D eigenvalue weighted by Gasteiger charge is -2.34. The van der Waals surface area contributed by atoms with Crippen molar-refractivity contribution < 1.29 is 14.3 Å². The van der Waals surface area contributed by atoms with Gasteiger partial charge in [0.2, 0.25) is 0 Å². The van der Waals surface area contributed by atoms with Gasteiger partial charge in [0.1, 0.15) is 12.1 Å². The summed E-state index contributed by atoms with van der Waals surface area (Å²) in [6.07, 6.45) is 4.73. The molecule has 2 aromatic heterocycles. The Morgan fingerprint density at radius 3 is 2.36 bits per heavy atom. The molecular weight excluding hydrogens is 458 g/mol. The molecule has 0 radical (unpaired) electrons. The van der Waals surface area contributed by atoms with Crippen molar-refractivity contribution in [2.75, 3.05) is 31.2 Å². The Morgan fingerprint density at radius 1 is 0.944 bits per heavy atom. The van der Waals surface area contributed by atoms with E-state index < -0.39 is 0 Å². The summed E-state index contributed by atoms with van der Waals surface area (Å²) >= 11 is 0. The van der Waals surface area contributed by atoms with Crippen LogP contribution in [0.2, 0.25) is 0 Å². The molecule has 2 aromatic carbocycles. The van der Waals surface area contributed by atoms with Gasteiger partial charge in [-0.05, 0) is 57.9 Å². The van der Waals surface area contributed by atoms with Gasteiger partial charge in [0.15, 0.2) is 17.3 Å². The molecule has 5 rings (SSSR count). The van der Waals surface area contributed by atoms with Gasteiger partial charge in [-0.2, -0.15) is 0 Å². The molecule has 0 unspecified atom stereocenters. The van der Waals surface area contributed by atoms with E-state index in [0.717, 1.165) is 42.7 Å². The van der Waals surface area contributed by atoms with Crippen molar-refractivity contribution >= 4 is 33.4 Å². The minimum atomic E-state index is -0.112. The van der Waals surface area contributed by atoms with Gasteiger partial charge in [0.25, 0.3) is 5.56 Å². The Bertz CT molecular complexity index is 1490. The molecule has 3 heterocycles. The average Bonchev–Trinajstić information content (AvgIpc) is 2.89. The fourth-order valence-corrected chi connectivity index (χ4v) is 4.81. The number of anilines is 1. The van der Waals surface area contributed by atoms with Gasteiger partial charge in [-0.3, -0.25) is 14.2 Å². The largest absolute Gasteiger partial charge is 0.490 e. The number of ketones is 1. The zero-order valence-corrected chi connectivity index (χ0v) is 20.7. The molecule has 0 bridgehead atoms. The first-order valence-corrected chi connectivity index (χ1v) is 12.3. The van der Waals surface area contributed by atoms with Crippen LogP contribution in [0.3, 0.4) is 0 Å². The van der Waals surface area contributed by atoms with Gasteiger partial charge in [-0.25, -0.2) is 15.0 Å². The molecule has 1 fully saturated rings. The van der Waals surface area contributed by atoms with Crippen LogP contribution < -0.4 is 19.9 Å². The minimum absolute atomic E-state index is 0.0169. The van der Waals surface area contributed by atoms with Crippen molar-refractivity contribution in [1.82, 2.24) is 19.5 Å². The number of fused-ring (bicyclic) bond motifs is 2. The van der Waals surface area contributed by atoms with Crippen LogP contribution in [-0.2, 0) is 0 Å². The summed E-state index contributed by atoms with van der Waals surface area (Å²) in [6, 6.07) is 8.96. The Kier molecular flexibility index (Phi) is 6.54. The number of benzene rings is 2. The quantitative estimate of drug-likeness (QED) is 0.358. The Labute approximate surface area is 208 Å². The number of nitrogens with zero attached hydrogens (tertiary/aromatic N) is 5. The molecule has 0 saturated carbocycles. The zero-order valence-electron chi connectivity index (χ0n) is 20.7. The fraction of sp³-hybridized carbons (Fsp3) is 0.370. The fourth-order valence-electron chi connectivity index (χ4n) is 4.81. The van der Waals surface area contributed by atoms with Crippen molar-refractivity contribution in [1.29, 1.82) is 0 Å². The second-order valence-corrected chi connectivity index (χ2v) is 8.84. The molecule has 9 heteroatoms. The van der Waals surface area contributed by atoms with Gasteiger partial charge < -0.3 is 14.4 Å². The van der Waals surface area contributed by atoms with Crippen LogP contribution in [0.15, 0.2) is 47.8 Å². The maximum absolute atomic E-state index is 13.3. The predicted octanol–water partition coefficient (Wildman–Crippen LogP) is 4.18. The zero-order chi connectivity index (χ0) is 25.2. The summed E-state index contributed by atoms with van der Waals surface area (Å²) in [4.78, 5) is 40.8. The normalized spacial score (nSPS) is 14.4. The lowest BCUT2D eigenvalue weighted by molar-refractivity contribution is 0.101. The molecular formula is C27H29N5O4. The topological polar surface area (TPSA) is 99.4 Å². The van der Waals surface area contributed by atoms with Crippen molar-refractivity contribution in [3.05, 3.63) is 58.9 Å². The lowest BCUT2D eigenvalue weighted by atomic mass is 10.0. The lowest BCUT2D eigenvalue weighted by Crippen LogP contribution is -2.38. The average molecular weight is 488 g/mol. The smallest absolute Gasteiger partial charge is 0.261 e. The highest BCUT2D eigenvalue weighted by Crippen LogP contribution is 2.36. The van der Waals surface area contributed by atoms with Crippen LogP contribution in [0.4, 0.5) is 5.82 Å². The predicted molar refractivity (Wildman–Crippen MR) is 138 cm³/mol. The van der Waals surface area contributed by atoms with E-state index in [-0.39, 0.29) is 17.4 Å². The number of Topliss-reactive ketones (excluding diaryl/α,β-unsaturated/α-hetero) is 1. The van der Waals surface area contributed by atoms with E-state index >= 15 is 0 Å². The van der Waals surface area contributed by atoms with E-state index in [4.69, 9.17) is 9.47 Å². The van der Waals surface area contributed by atoms with Gasteiger partial charge in [0, 0.05) is 36.1 Å². The minimum Gasteiger partial charge on any atom is -0.490 e. The molecule has 1 aliphatic heterocycles. The van der Waals surface area contributed by atoms with E-state index in [1.165, 1.54) is 6.92 Å². The maximum atomic E-state index is 13.3. The number of hydrogen-bond acceptors (Lipinski definition) is 8. The summed E-state index contributed by atoms with van der Waals surface area (Å²) in [6.45, 7) is 7.90. The molecule has 0 N–H and O–H groups in total. The summed E-state index contributed by atoms with van der Waals surface area (Å²) in [5.41, 5.74) is 1.80. The third-order valence-corrected chi connectivity index (χ3v) is 6.63. The third kappa shape index (κ3) is 4.36. The van der Waals surface area contributed by atoms with E-state index in [1.54, 1.807) is 35.4 Å². The number of rotatable bonds is 7. The number of aromatic nitrogens is 4. The molecule has 1 aliphatic rings. The molecule has 0 spiro atoms. The Hall–Kier alpha value is -4.01. The molecule has 0 amide bonds. The van der Waals surface area contributed by atoms with Gasteiger partial charge in [-0.15, -0.1) is 0 Å². The van der Waals surface area contributed by atoms with Crippen LogP contribution in [0.5, 0.6) is 11.5 Å². The van der Waals surface area contributed by atoms with Crippen molar-refractivity contribution in [2.45, 2.75) is 39.7 Å². The van der Waals surface area contributed by atoms with Crippen molar-refractivity contribution in [2.24, 2.45) is 0 Å². The van der Waals surface area contributed by atoms with E-state index in [1.807, 2.05) is 26.0 Å². The summed E-state index contributed by atoms with van der Waals surface area (Å²) in [7, 11) is 0. The first kappa shape index (κ1) is 23.7. The van der Waals surface area contributed by atoms with E-state index in [0.29, 0.717) is 41.2 Å². The number of ether oxygens (including phenoxy) is 2. The first-order valence-electron chi connectivity index (χ1n) is 12.3. The monoisotopic (exact) mass is 487 g/mol. The molecule has 0 atom stereocenters. The maximum Gasteiger partial charge on any atom is 0.261 e. The Morgan fingerprint density at radius 2 is 1.67 bits per heavy atom. The molecule has 36 heavy (non-hydrogen) atoms. The van der Waals surface area contributed by atoms with Crippen molar-refractivity contribution in [3.8, 4) is 11.5 Å². The van der Waals surface area contributed by atoms with Crippen LogP contribution in [-0.4, -0.2) is 51.6 Å². The summed E-state index contributed by atoms with van der Waals surface area (Å²) in [5.74, 6) is 2.12. The van der Waals surface area contributed by atoms with Crippen LogP contribution in [0.1, 0.15) is 50.0 Å². The highest BCUT2D eigenvalue weighted by molar-refractivity contribution is 5.97. The highest BCUT2D eigenvalue weighted by atomic mass is 16.5. The van der Waals surface area contributed by atoms with Crippen molar-refractivity contribution in [3.63, 3.8) is 0 Å². The number of hydrogen-bond donors (Lipinski definition) is 0. The highest BCUT2D eigenvalue weighted by Gasteiger charge is 2.25.